The van der Waals surface area contributed by atoms with Crippen molar-refractivity contribution in [3.05, 3.63) is 12.2 Å². The van der Waals surface area contributed by atoms with Crippen LogP contribution in [0, 0.1) is 0 Å². The molecule has 0 saturated heterocycles. The zero-order chi connectivity index (χ0) is 12.0. The molecule has 16 heavy (non-hydrogen) atoms. The van der Waals surface area contributed by atoms with Gasteiger partial charge in [-0.1, -0.05) is 12.2 Å². The number of methoxy groups -OCH3 is 2. The second-order valence-corrected chi connectivity index (χ2v) is 3.53. The maximum absolute atomic E-state index is 9.74. The Labute approximate surface area is 94.9 Å². The smallest absolute Gasteiger partial charge is 0.146 e. The minimum atomic E-state index is -0.753. The molecule has 0 aliphatic heterocycles. The molecule has 0 radical (unpaired) electrons. The topological polar surface area (TPSA) is 83.2 Å². The number of rotatable bonds is 6. The van der Waals surface area contributed by atoms with E-state index < -0.39 is 18.3 Å². The largest absolute Gasteiger partial charge is 0.386 e. The van der Waals surface area contributed by atoms with Crippen molar-refractivity contribution >= 4 is 0 Å². The van der Waals surface area contributed by atoms with Gasteiger partial charge in [0, 0.05) is 14.2 Å². The molecule has 1 aliphatic rings. The maximum Gasteiger partial charge on any atom is 0.146 e. The molecule has 0 aromatic rings. The molecule has 0 fully saturated rings. The van der Waals surface area contributed by atoms with Gasteiger partial charge in [0.1, 0.15) is 31.9 Å². The predicted octanol–water partition coefficient (Wildman–Crippen LogP) is -0.777. The highest BCUT2D eigenvalue weighted by atomic mass is 16.7. The lowest BCUT2D eigenvalue weighted by Gasteiger charge is -2.35. The van der Waals surface area contributed by atoms with Crippen LogP contribution in [0.1, 0.15) is 0 Å². The minimum absolute atomic E-state index is 0.0785. The van der Waals surface area contributed by atoms with Gasteiger partial charge in [0.2, 0.25) is 0 Å². The molecule has 94 valence electrons. The average molecular weight is 233 g/mol. The predicted molar refractivity (Wildman–Crippen MR) is 56.6 cm³/mol. The molecule has 1 aliphatic carbocycles. The summed E-state index contributed by atoms with van der Waals surface area (Å²) in [7, 11) is 3.03. The van der Waals surface area contributed by atoms with E-state index in [1.165, 1.54) is 14.2 Å². The first kappa shape index (κ1) is 13.6. The molecule has 0 saturated carbocycles. The molecule has 6 nitrogen and oxygen atoms in total. The minimum Gasteiger partial charge on any atom is -0.386 e. The van der Waals surface area contributed by atoms with Gasteiger partial charge in [-0.15, -0.1) is 0 Å². The van der Waals surface area contributed by atoms with E-state index in [1.807, 2.05) is 0 Å². The van der Waals surface area contributed by atoms with Crippen LogP contribution in [0.4, 0.5) is 0 Å². The Morgan fingerprint density at radius 2 is 1.62 bits per heavy atom. The second-order valence-electron chi connectivity index (χ2n) is 3.53. The van der Waals surface area contributed by atoms with Crippen molar-refractivity contribution in [2.45, 2.75) is 24.4 Å². The zero-order valence-electron chi connectivity index (χ0n) is 9.54. The highest BCUT2D eigenvalue weighted by molar-refractivity contribution is 5.10. The maximum atomic E-state index is 9.74. The third-order valence-corrected chi connectivity index (χ3v) is 2.33. The van der Waals surface area contributed by atoms with E-state index in [4.69, 9.17) is 24.7 Å². The Morgan fingerprint density at radius 1 is 1.06 bits per heavy atom. The van der Waals surface area contributed by atoms with E-state index in [-0.39, 0.29) is 19.6 Å². The van der Waals surface area contributed by atoms with Crippen molar-refractivity contribution in [1.82, 2.24) is 0 Å². The van der Waals surface area contributed by atoms with E-state index >= 15 is 0 Å². The Kier molecular flexibility index (Phi) is 5.89. The van der Waals surface area contributed by atoms with Gasteiger partial charge in [-0.25, -0.2) is 0 Å². The number of aliphatic hydroxyl groups excluding tert-OH is 1. The average Bonchev–Trinajstić information content (AvgIpc) is 2.29. The Balaban J connectivity index is 2.60. The van der Waals surface area contributed by atoms with Crippen LogP contribution in [0.3, 0.4) is 0 Å². The van der Waals surface area contributed by atoms with Gasteiger partial charge in [-0.05, 0) is 0 Å². The molecule has 0 spiro atoms. The summed E-state index contributed by atoms with van der Waals surface area (Å²) in [5, 5.41) is 9.74. The molecular formula is C10H19NO5. The number of aliphatic hydroxyl groups is 1. The van der Waals surface area contributed by atoms with Crippen LogP contribution < -0.4 is 5.73 Å². The summed E-state index contributed by atoms with van der Waals surface area (Å²) >= 11 is 0. The van der Waals surface area contributed by atoms with Crippen LogP contribution in [-0.4, -0.2) is 57.3 Å². The number of hydrogen-bond donors (Lipinski definition) is 2. The number of hydrogen-bond acceptors (Lipinski definition) is 6. The first-order valence-electron chi connectivity index (χ1n) is 5.03. The van der Waals surface area contributed by atoms with Crippen LogP contribution in [-0.2, 0) is 18.9 Å². The Hall–Kier alpha value is -0.500. The molecule has 3 N–H and O–H groups in total. The van der Waals surface area contributed by atoms with Crippen LogP contribution in [0.15, 0.2) is 12.2 Å². The summed E-state index contributed by atoms with van der Waals surface area (Å²) < 4.78 is 20.3. The quantitative estimate of drug-likeness (QED) is 0.462. The first-order valence-corrected chi connectivity index (χ1v) is 5.03. The Morgan fingerprint density at radius 3 is 2.19 bits per heavy atom. The van der Waals surface area contributed by atoms with Crippen LogP contribution in [0.25, 0.3) is 0 Å². The Bertz CT molecular complexity index is 201. The van der Waals surface area contributed by atoms with Gasteiger partial charge in [0.05, 0.1) is 6.04 Å². The molecule has 0 amide bonds. The summed E-state index contributed by atoms with van der Waals surface area (Å²) in [6.45, 7) is 0.181. The summed E-state index contributed by atoms with van der Waals surface area (Å²) in [6, 6.07) is -0.333. The normalized spacial score (nSPS) is 34.2. The van der Waals surface area contributed by atoms with Gasteiger partial charge >= 0.3 is 0 Å². The van der Waals surface area contributed by atoms with E-state index in [0.29, 0.717) is 0 Å². The third-order valence-electron chi connectivity index (χ3n) is 2.33. The molecular weight excluding hydrogens is 214 g/mol. The zero-order valence-corrected chi connectivity index (χ0v) is 9.54. The summed E-state index contributed by atoms with van der Waals surface area (Å²) in [6.07, 6.45) is 1.54. The lowest BCUT2D eigenvalue weighted by Crippen LogP contribution is -2.53. The van der Waals surface area contributed by atoms with Gasteiger partial charge in [0.25, 0.3) is 0 Å². The van der Waals surface area contributed by atoms with Crippen LogP contribution in [0.5, 0.6) is 0 Å². The molecule has 0 heterocycles. The molecule has 0 unspecified atom stereocenters. The molecule has 0 aromatic heterocycles. The second kappa shape index (κ2) is 6.95. The SMILES string of the molecule is COCO[C@@H]1[C@H](OCOC)[C@@H](O)C=C[C@H]1N. The highest BCUT2D eigenvalue weighted by Crippen LogP contribution is 2.18. The standard InChI is InChI=1S/C10H19NO5/c1-13-5-15-9-7(11)3-4-8(12)10(9)16-6-14-2/h3-4,7-10,12H,5-6,11H2,1-2H3/t7-,8+,9+,10-/m1/s1. The number of nitrogens with two attached hydrogens (primary N) is 1. The molecule has 6 heteroatoms. The van der Waals surface area contributed by atoms with Crippen LogP contribution in [0.2, 0.25) is 0 Å². The molecule has 1 rings (SSSR count). The summed E-state index contributed by atoms with van der Waals surface area (Å²) in [5.41, 5.74) is 5.84. The number of ether oxygens (including phenoxy) is 4. The van der Waals surface area contributed by atoms with Gasteiger partial charge in [-0.2, -0.15) is 0 Å². The fourth-order valence-corrected chi connectivity index (χ4v) is 1.57. The molecule has 4 atom stereocenters. The van der Waals surface area contributed by atoms with Crippen molar-refractivity contribution in [3.63, 3.8) is 0 Å². The summed E-state index contributed by atoms with van der Waals surface area (Å²) in [5.74, 6) is 0. The molecule has 0 aromatic carbocycles. The van der Waals surface area contributed by atoms with E-state index in [1.54, 1.807) is 12.2 Å². The van der Waals surface area contributed by atoms with Gasteiger partial charge < -0.3 is 29.8 Å². The van der Waals surface area contributed by atoms with Crippen LogP contribution >= 0.6 is 0 Å². The first-order chi connectivity index (χ1) is 7.70. The lowest BCUT2D eigenvalue weighted by molar-refractivity contribution is -0.183. The van der Waals surface area contributed by atoms with E-state index in [9.17, 15) is 5.11 Å². The van der Waals surface area contributed by atoms with Crippen molar-refractivity contribution in [3.8, 4) is 0 Å². The van der Waals surface area contributed by atoms with E-state index in [0.717, 1.165) is 0 Å². The van der Waals surface area contributed by atoms with Crippen molar-refractivity contribution in [1.29, 1.82) is 0 Å². The molecule has 0 bridgehead atoms. The van der Waals surface area contributed by atoms with Gasteiger partial charge in [-0.3, -0.25) is 0 Å². The lowest BCUT2D eigenvalue weighted by atomic mass is 9.94. The van der Waals surface area contributed by atoms with Crippen molar-refractivity contribution in [2.24, 2.45) is 5.73 Å². The van der Waals surface area contributed by atoms with E-state index in [2.05, 4.69) is 0 Å². The fraction of sp³-hybridized carbons (Fsp3) is 0.800. The fourth-order valence-electron chi connectivity index (χ4n) is 1.57. The monoisotopic (exact) mass is 233 g/mol. The third kappa shape index (κ3) is 3.51. The van der Waals surface area contributed by atoms with Gasteiger partial charge in [0.15, 0.2) is 0 Å². The summed E-state index contributed by atoms with van der Waals surface area (Å²) in [4.78, 5) is 0. The highest BCUT2D eigenvalue weighted by Gasteiger charge is 2.35. The van der Waals surface area contributed by atoms with Crippen molar-refractivity contribution < 1.29 is 24.1 Å². The van der Waals surface area contributed by atoms with Crippen molar-refractivity contribution in [2.75, 3.05) is 27.8 Å².